The van der Waals surface area contributed by atoms with Crippen LogP contribution in [0.3, 0.4) is 0 Å². The topological polar surface area (TPSA) is 99.0 Å². The number of hydrogen-bond donors (Lipinski definition) is 3. The van der Waals surface area contributed by atoms with Gasteiger partial charge in [-0.05, 0) is 42.0 Å². The Morgan fingerprint density at radius 3 is 2.24 bits per heavy atom. The fourth-order valence-corrected chi connectivity index (χ4v) is 1.62. The third-order valence-corrected chi connectivity index (χ3v) is 2.67. The van der Waals surface area contributed by atoms with Crippen LogP contribution in [0, 0.1) is 0 Å². The maximum atomic E-state index is 10.8. The molecule has 0 aliphatic carbocycles. The van der Waals surface area contributed by atoms with Crippen LogP contribution in [0.1, 0.15) is 26.3 Å². The second-order valence-electron chi connectivity index (χ2n) is 4.18. The average Bonchev–Trinajstić information content (AvgIpc) is 2.48. The highest BCUT2D eigenvalue weighted by Gasteiger charge is 2.02. The Labute approximate surface area is 120 Å². The van der Waals surface area contributed by atoms with E-state index in [1.165, 1.54) is 30.5 Å². The minimum atomic E-state index is -0.998. The smallest absolute Gasteiger partial charge is 0.335 e. The number of carboxylic acids is 2. The molecule has 3 N–H and O–H groups in total. The van der Waals surface area contributed by atoms with Crippen LogP contribution in [0.2, 0.25) is 0 Å². The lowest BCUT2D eigenvalue weighted by Gasteiger charge is -2.01. The van der Waals surface area contributed by atoms with E-state index in [0.29, 0.717) is 11.3 Å². The molecular weight excluding hydrogens is 272 g/mol. The normalized spacial score (nSPS) is 10.5. The van der Waals surface area contributed by atoms with E-state index in [0.717, 1.165) is 0 Å². The molecule has 0 radical (unpaired) electrons. The molecule has 2 aromatic carbocycles. The van der Waals surface area contributed by atoms with Crippen LogP contribution in [-0.2, 0) is 0 Å². The molecule has 0 unspecified atom stereocenters. The van der Waals surface area contributed by atoms with E-state index in [1.54, 1.807) is 24.3 Å². The van der Waals surface area contributed by atoms with Crippen LogP contribution >= 0.6 is 0 Å². The molecule has 0 aliphatic rings. The Kier molecular flexibility index (Phi) is 4.30. The number of carbonyl (C=O) groups is 2. The van der Waals surface area contributed by atoms with Gasteiger partial charge >= 0.3 is 11.9 Å². The molecule has 0 amide bonds. The molecule has 2 rings (SSSR count). The van der Waals surface area contributed by atoms with Crippen molar-refractivity contribution in [1.82, 2.24) is 0 Å². The van der Waals surface area contributed by atoms with E-state index in [2.05, 4.69) is 10.5 Å². The van der Waals surface area contributed by atoms with Crippen molar-refractivity contribution in [2.75, 3.05) is 5.43 Å². The summed E-state index contributed by atoms with van der Waals surface area (Å²) in [6.45, 7) is 0. The molecule has 6 nitrogen and oxygen atoms in total. The molecule has 21 heavy (non-hydrogen) atoms. The molecule has 0 bridgehead atoms. The number of hydrogen-bond acceptors (Lipinski definition) is 4. The zero-order valence-corrected chi connectivity index (χ0v) is 10.9. The van der Waals surface area contributed by atoms with Crippen LogP contribution in [0.4, 0.5) is 5.69 Å². The predicted molar refractivity (Wildman–Crippen MR) is 78.0 cm³/mol. The van der Waals surface area contributed by atoms with Gasteiger partial charge in [0.2, 0.25) is 0 Å². The van der Waals surface area contributed by atoms with E-state index in [4.69, 9.17) is 10.2 Å². The first-order valence-electron chi connectivity index (χ1n) is 6.02. The van der Waals surface area contributed by atoms with Crippen molar-refractivity contribution >= 4 is 23.8 Å². The van der Waals surface area contributed by atoms with Crippen LogP contribution < -0.4 is 5.43 Å². The van der Waals surface area contributed by atoms with E-state index < -0.39 is 11.9 Å². The highest BCUT2D eigenvalue weighted by atomic mass is 16.4. The summed E-state index contributed by atoms with van der Waals surface area (Å²) in [5, 5.41) is 21.6. The third kappa shape index (κ3) is 3.90. The Bertz CT molecular complexity index is 693. The first-order chi connectivity index (χ1) is 10.1. The molecule has 0 heterocycles. The predicted octanol–water partition coefficient (Wildman–Crippen LogP) is 2.53. The summed E-state index contributed by atoms with van der Waals surface area (Å²) in [7, 11) is 0. The van der Waals surface area contributed by atoms with E-state index in [-0.39, 0.29) is 11.1 Å². The van der Waals surface area contributed by atoms with Gasteiger partial charge in [0, 0.05) is 0 Å². The van der Waals surface area contributed by atoms with Crippen molar-refractivity contribution < 1.29 is 19.8 Å². The number of nitrogens with zero attached hydrogens (tertiary/aromatic N) is 1. The van der Waals surface area contributed by atoms with E-state index >= 15 is 0 Å². The summed E-state index contributed by atoms with van der Waals surface area (Å²) in [5.74, 6) is -1.99. The Balaban J connectivity index is 2.03. The van der Waals surface area contributed by atoms with Crippen molar-refractivity contribution in [3.8, 4) is 0 Å². The quantitative estimate of drug-likeness (QED) is 0.578. The van der Waals surface area contributed by atoms with Gasteiger partial charge < -0.3 is 10.2 Å². The van der Waals surface area contributed by atoms with Gasteiger partial charge in [-0.25, -0.2) is 9.59 Å². The van der Waals surface area contributed by atoms with Crippen LogP contribution in [0.15, 0.2) is 53.6 Å². The van der Waals surface area contributed by atoms with Gasteiger partial charge in [0.1, 0.15) is 0 Å². The number of nitrogens with one attached hydrogen (secondary N) is 1. The van der Waals surface area contributed by atoms with Gasteiger partial charge in [0.15, 0.2) is 0 Å². The first kappa shape index (κ1) is 14.3. The van der Waals surface area contributed by atoms with E-state index in [1.807, 2.05) is 0 Å². The SMILES string of the molecule is O=C(O)c1ccc(NN=Cc2cccc(C(=O)O)c2)cc1. The number of anilines is 1. The molecule has 0 fully saturated rings. The first-order valence-corrected chi connectivity index (χ1v) is 6.02. The lowest BCUT2D eigenvalue weighted by molar-refractivity contribution is 0.0686. The Morgan fingerprint density at radius 1 is 0.952 bits per heavy atom. The molecule has 2 aromatic rings. The average molecular weight is 284 g/mol. The molecule has 0 aliphatic heterocycles. The maximum absolute atomic E-state index is 10.8. The molecule has 0 spiro atoms. The van der Waals surface area contributed by atoms with Crippen molar-refractivity contribution in [2.45, 2.75) is 0 Å². The fourth-order valence-electron chi connectivity index (χ4n) is 1.62. The van der Waals surface area contributed by atoms with Gasteiger partial charge in [-0.3, -0.25) is 5.43 Å². The maximum Gasteiger partial charge on any atom is 0.335 e. The largest absolute Gasteiger partial charge is 0.478 e. The number of carboxylic acid groups (broad SMARTS) is 2. The summed E-state index contributed by atoms with van der Waals surface area (Å²) >= 11 is 0. The Hall–Kier alpha value is -3.15. The molecule has 0 atom stereocenters. The van der Waals surface area contributed by atoms with Crippen LogP contribution in [0.5, 0.6) is 0 Å². The number of benzene rings is 2. The lowest BCUT2D eigenvalue weighted by atomic mass is 10.1. The number of aromatic carboxylic acids is 2. The van der Waals surface area contributed by atoms with Crippen LogP contribution in [0.25, 0.3) is 0 Å². The molecular formula is C15H12N2O4. The highest BCUT2D eigenvalue weighted by molar-refractivity contribution is 5.91. The zero-order chi connectivity index (χ0) is 15.2. The summed E-state index contributed by atoms with van der Waals surface area (Å²) in [4.78, 5) is 21.5. The number of hydrazone groups is 1. The third-order valence-electron chi connectivity index (χ3n) is 2.67. The second-order valence-corrected chi connectivity index (χ2v) is 4.18. The van der Waals surface area contributed by atoms with Gasteiger partial charge in [-0.2, -0.15) is 5.10 Å². The zero-order valence-electron chi connectivity index (χ0n) is 10.9. The summed E-state index contributed by atoms with van der Waals surface area (Å²) in [5.41, 5.74) is 4.39. The monoisotopic (exact) mass is 284 g/mol. The van der Waals surface area contributed by atoms with Crippen molar-refractivity contribution in [3.05, 3.63) is 65.2 Å². The fraction of sp³-hybridized carbons (Fsp3) is 0. The van der Waals surface area contributed by atoms with Gasteiger partial charge in [0.25, 0.3) is 0 Å². The van der Waals surface area contributed by atoms with Gasteiger partial charge in [-0.1, -0.05) is 12.1 Å². The standard InChI is InChI=1S/C15H12N2O4/c18-14(19)11-4-6-13(7-5-11)17-16-9-10-2-1-3-12(8-10)15(20)21/h1-9,17H,(H,18,19)(H,20,21). The molecule has 6 heteroatoms. The summed E-state index contributed by atoms with van der Waals surface area (Å²) < 4.78 is 0. The molecule has 106 valence electrons. The van der Waals surface area contributed by atoms with Gasteiger partial charge in [-0.15, -0.1) is 0 Å². The van der Waals surface area contributed by atoms with Crippen LogP contribution in [-0.4, -0.2) is 28.4 Å². The Morgan fingerprint density at radius 2 is 1.62 bits per heavy atom. The second kappa shape index (κ2) is 6.33. The van der Waals surface area contributed by atoms with E-state index in [9.17, 15) is 9.59 Å². The minimum absolute atomic E-state index is 0.185. The minimum Gasteiger partial charge on any atom is -0.478 e. The van der Waals surface area contributed by atoms with Crippen molar-refractivity contribution in [2.24, 2.45) is 5.10 Å². The molecule has 0 aromatic heterocycles. The highest BCUT2D eigenvalue weighted by Crippen LogP contribution is 2.09. The lowest BCUT2D eigenvalue weighted by Crippen LogP contribution is -1.98. The van der Waals surface area contributed by atoms with Gasteiger partial charge in [0.05, 0.1) is 23.0 Å². The summed E-state index contributed by atoms with van der Waals surface area (Å²) in [6.07, 6.45) is 1.48. The van der Waals surface area contributed by atoms with Crippen molar-refractivity contribution in [1.29, 1.82) is 0 Å². The summed E-state index contributed by atoms with van der Waals surface area (Å²) in [6, 6.07) is 12.5. The van der Waals surface area contributed by atoms with Crippen molar-refractivity contribution in [3.63, 3.8) is 0 Å². The molecule has 0 saturated heterocycles. The number of rotatable bonds is 5. The molecule has 0 saturated carbocycles.